The lowest BCUT2D eigenvalue weighted by Crippen LogP contribution is -2.33. The number of nitrogens with one attached hydrogen (secondary N) is 2. The Morgan fingerprint density at radius 3 is 2.44 bits per heavy atom. The third-order valence-electron chi connectivity index (χ3n) is 8.75. The van der Waals surface area contributed by atoms with E-state index in [0.717, 1.165) is 51.0 Å². The average Bonchev–Trinajstić information content (AvgIpc) is 3.41. The number of piperidine rings is 1. The van der Waals surface area contributed by atoms with Crippen LogP contribution in [0.15, 0.2) is 84.9 Å². The molecular weight excluding hydrogens is 526 g/mol. The van der Waals surface area contributed by atoms with Crippen LogP contribution in [0.3, 0.4) is 0 Å². The number of carbonyl (C=O) groups excluding carboxylic acids is 1. The Morgan fingerprint density at radius 1 is 0.907 bits per heavy atom. The van der Waals surface area contributed by atoms with Crippen molar-refractivity contribution in [3.63, 3.8) is 0 Å². The number of fused-ring (bicyclic) bond motifs is 3. The molecule has 43 heavy (non-hydrogen) atoms. The number of aryl methyl sites for hydroxylation is 2. The second kappa shape index (κ2) is 14.1. The molecule has 4 heteroatoms. The molecule has 2 heterocycles. The molecule has 1 aliphatic heterocycles. The van der Waals surface area contributed by atoms with E-state index in [9.17, 15) is 4.79 Å². The molecule has 5 aromatic rings. The SMILES string of the molecule is CC.Cc1cccc(-c2[nH]c3c(ccc4ccccc43)c2CCCN2CCC(c3cccc(NC(=O)C(C)C)c3)CC2)c1. The highest BCUT2D eigenvalue weighted by molar-refractivity contribution is 6.08. The van der Waals surface area contributed by atoms with E-state index in [-0.39, 0.29) is 11.8 Å². The summed E-state index contributed by atoms with van der Waals surface area (Å²) in [5.41, 5.74) is 8.78. The molecule has 1 fully saturated rings. The van der Waals surface area contributed by atoms with Gasteiger partial charge in [-0.2, -0.15) is 0 Å². The fourth-order valence-corrected chi connectivity index (χ4v) is 6.43. The zero-order valence-electron chi connectivity index (χ0n) is 26.5. The van der Waals surface area contributed by atoms with E-state index in [0.29, 0.717) is 5.92 Å². The summed E-state index contributed by atoms with van der Waals surface area (Å²) >= 11 is 0. The lowest BCUT2D eigenvalue weighted by molar-refractivity contribution is -0.118. The topological polar surface area (TPSA) is 48.1 Å². The number of H-pyrrole nitrogens is 1. The van der Waals surface area contributed by atoms with Crippen molar-refractivity contribution in [2.24, 2.45) is 5.92 Å². The Morgan fingerprint density at radius 2 is 1.67 bits per heavy atom. The first-order chi connectivity index (χ1) is 21.0. The van der Waals surface area contributed by atoms with Gasteiger partial charge in [0, 0.05) is 28.1 Å². The normalized spacial score (nSPS) is 14.2. The van der Waals surface area contributed by atoms with Crippen LogP contribution < -0.4 is 5.32 Å². The number of nitrogens with zero attached hydrogens (tertiary/aromatic N) is 1. The van der Waals surface area contributed by atoms with E-state index in [1.807, 2.05) is 33.8 Å². The van der Waals surface area contributed by atoms with Crippen LogP contribution in [0.4, 0.5) is 5.69 Å². The predicted molar refractivity (Wildman–Crippen MR) is 184 cm³/mol. The van der Waals surface area contributed by atoms with Gasteiger partial charge in [-0.25, -0.2) is 0 Å². The largest absolute Gasteiger partial charge is 0.354 e. The van der Waals surface area contributed by atoms with Gasteiger partial charge in [0.25, 0.3) is 0 Å². The zero-order chi connectivity index (χ0) is 30.3. The molecular formula is C39H47N3O. The predicted octanol–water partition coefficient (Wildman–Crippen LogP) is 9.73. The number of hydrogen-bond acceptors (Lipinski definition) is 2. The Kier molecular flexibility index (Phi) is 9.99. The Balaban J connectivity index is 0.00000180. The van der Waals surface area contributed by atoms with Crippen LogP contribution in [0.2, 0.25) is 0 Å². The number of rotatable bonds is 8. The number of aromatic nitrogens is 1. The molecule has 6 rings (SSSR count). The monoisotopic (exact) mass is 573 g/mol. The molecule has 0 atom stereocenters. The number of hydrogen-bond donors (Lipinski definition) is 2. The van der Waals surface area contributed by atoms with Gasteiger partial charge < -0.3 is 15.2 Å². The van der Waals surface area contributed by atoms with Gasteiger partial charge in [-0.15, -0.1) is 0 Å². The van der Waals surface area contributed by atoms with Crippen LogP contribution in [-0.4, -0.2) is 35.4 Å². The molecule has 0 saturated carbocycles. The highest BCUT2D eigenvalue weighted by atomic mass is 16.1. The summed E-state index contributed by atoms with van der Waals surface area (Å²) < 4.78 is 0. The number of anilines is 1. The van der Waals surface area contributed by atoms with Gasteiger partial charge in [0.15, 0.2) is 0 Å². The third kappa shape index (κ3) is 7.02. The van der Waals surface area contributed by atoms with Crippen LogP contribution in [0.5, 0.6) is 0 Å². The van der Waals surface area contributed by atoms with E-state index < -0.39 is 0 Å². The number of benzene rings is 4. The first kappa shape index (κ1) is 30.6. The minimum absolute atomic E-state index is 0.0154. The molecule has 1 amide bonds. The van der Waals surface area contributed by atoms with Crippen molar-refractivity contribution in [1.29, 1.82) is 0 Å². The van der Waals surface area contributed by atoms with Crippen LogP contribution in [0.1, 0.15) is 69.6 Å². The van der Waals surface area contributed by atoms with Crippen molar-refractivity contribution in [3.05, 3.63) is 102 Å². The van der Waals surface area contributed by atoms with E-state index in [4.69, 9.17) is 0 Å². The Bertz CT molecular complexity index is 1670. The smallest absolute Gasteiger partial charge is 0.226 e. The summed E-state index contributed by atoms with van der Waals surface area (Å²) in [7, 11) is 0. The highest BCUT2D eigenvalue weighted by Gasteiger charge is 2.22. The first-order valence-electron chi connectivity index (χ1n) is 16.2. The molecule has 1 aliphatic rings. The standard InChI is InChI=1S/C37H41N3O.C2H6/c1-25(2)37(41)38-31-13-7-11-29(24-31)27-18-21-40(22-19-27)20-8-15-33-34-17-16-28-10-4-5-14-32(28)36(34)39-35(33)30-12-6-9-26(3)23-30;1-2/h4-7,9-14,16-17,23-25,27,39H,8,15,18-22H2,1-3H3,(H,38,41);1-2H3. The van der Waals surface area contributed by atoms with Gasteiger partial charge in [0.05, 0.1) is 5.52 Å². The van der Waals surface area contributed by atoms with Gasteiger partial charge in [0.1, 0.15) is 0 Å². The molecule has 4 nitrogen and oxygen atoms in total. The lowest BCUT2D eigenvalue weighted by Gasteiger charge is -2.32. The summed E-state index contributed by atoms with van der Waals surface area (Å²) in [5, 5.41) is 6.98. The Labute approximate surface area is 257 Å². The van der Waals surface area contributed by atoms with Gasteiger partial charge in [-0.3, -0.25) is 4.79 Å². The van der Waals surface area contributed by atoms with Crippen molar-refractivity contribution in [1.82, 2.24) is 9.88 Å². The van der Waals surface area contributed by atoms with E-state index >= 15 is 0 Å². The first-order valence-corrected chi connectivity index (χ1v) is 16.2. The second-order valence-electron chi connectivity index (χ2n) is 12.0. The molecule has 0 unspecified atom stereocenters. The molecule has 0 spiro atoms. The van der Waals surface area contributed by atoms with Crippen molar-refractivity contribution < 1.29 is 4.79 Å². The van der Waals surface area contributed by atoms with E-state index in [1.165, 1.54) is 49.6 Å². The molecule has 224 valence electrons. The quantitative estimate of drug-likeness (QED) is 0.194. The number of carbonyl (C=O) groups is 1. The molecule has 1 saturated heterocycles. The summed E-state index contributed by atoms with van der Waals surface area (Å²) in [6, 6.07) is 30.6. The highest BCUT2D eigenvalue weighted by Crippen LogP contribution is 2.36. The van der Waals surface area contributed by atoms with Crippen LogP contribution in [0.25, 0.3) is 32.9 Å². The van der Waals surface area contributed by atoms with Crippen LogP contribution in [-0.2, 0) is 11.2 Å². The molecule has 1 aromatic heterocycles. The maximum absolute atomic E-state index is 12.2. The Hall–Kier alpha value is -3.89. The molecule has 4 aromatic carbocycles. The second-order valence-corrected chi connectivity index (χ2v) is 12.0. The maximum atomic E-state index is 12.2. The molecule has 0 aliphatic carbocycles. The minimum Gasteiger partial charge on any atom is -0.354 e. The van der Waals surface area contributed by atoms with Crippen LogP contribution in [0, 0.1) is 12.8 Å². The summed E-state index contributed by atoms with van der Waals surface area (Å²) in [6.45, 7) is 13.4. The lowest BCUT2D eigenvalue weighted by atomic mass is 9.89. The fraction of sp³-hybridized carbons (Fsp3) is 0.359. The van der Waals surface area contributed by atoms with Gasteiger partial charge >= 0.3 is 0 Å². The van der Waals surface area contributed by atoms with E-state index in [2.05, 4.69) is 101 Å². The summed E-state index contributed by atoms with van der Waals surface area (Å²) in [5.74, 6) is 0.612. The average molecular weight is 574 g/mol. The summed E-state index contributed by atoms with van der Waals surface area (Å²) in [4.78, 5) is 18.6. The van der Waals surface area contributed by atoms with Crippen molar-refractivity contribution in [2.45, 2.75) is 66.2 Å². The van der Waals surface area contributed by atoms with Gasteiger partial charge in [-0.05, 0) is 98.4 Å². The number of likely N-dealkylation sites (tertiary alicyclic amines) is 1. The minimum atomic E-state index is -0.0154. The molecule has 0 radical (unpaired) electrons. The van der Waals surface area contributed by atoms with E-state index in [1.54, 1.807) is 0 Å². The van der Waals surface area contributed by atoms with Crippen molar-refractivity contribution in [2.75, 3.05) is 25.0 Å². The van der Waals surface area contributed by atoms with Gasteiger partial charge in [-0.1, -0.05) is 100.0 Å². The number of amides is 1. The maximum Gasteiger partial charge on any atom is 0.226 e. The van der Waals surface area contributed by atoms with Crippen molar-refractivity contribution >= 4 is 33.3 Å². The van der Waals surface area contributed by atoms with Crippen LogP contribution >= 0.6 is 0 Å². The van der Waals surface area contributed by atoms with Gasteiger partial charge in [0.2, 0.25) is 5.91 Å². The third-order valence-corrected chi connectivity index (χ3v) is 8.75. The zero-order valence-corrected chi connectivity index (χ0v) is 26.5. The number of aromatic amines is 1. The molecule has 0 bridgehead atoms. The molecule has 2 N–H and O–H groups in total. The van der Waals surface area contributed by atoms with Crippen molar-refractivity contribution in [3.8, 4) is 11.3 Å². The summed E-state index contributed by atoms with van der Waals surface area (Å²) in [6.07, 6.45) is 4.52. The fourth-order valence-electron chi connectivity index (χ4n) is 6.43.